The molecule has 0 amide bonds. The molecule has 3 aromatic heterocycles. The molecule has 7 heteroatoms. The van der Waals surface area contributed by atoms with Gasteiger partial charge < -0.3 is 14.2 Å². The minimum Gasteiger partial charge on any atom is -0.479 e. The highest BCUT2D eigenvalue weighted by Crippen LogP contribution is 2.31. The fourth-order valence-electron chi connectivity index (χ4n) is 3.67. The van der Waals surface area contributed by atoms with Crippen LogP contribution in [0.1, 0.15) is 18.5 Å². The maximum absolute atomic E-state index is 12.0. The Morgan fingerprint density at radius 3 is 2.62 bits per heavy atom. The maximum atomic E-state index is 12.0. The molecule has 1 aliphatic rings. The second-order valence-electron chi connectivity index (χ2n) is 6.64. The van der Waals surface area contributed by atoms with Crippen LogP contribution in [-0.2, 0) is 16.9 Å². The molecule has 4 heterocycles. The molecule has 1 saturated heterocycles. The highest BCUT2D eigenvalue weighted by atomic mass is 16.4. The quantitative estimate of drug-likeness (QED) is 0.762. The SMILES string of the molecule is O=C(O)C1(n2ccnc2)CCN(Cc2cccn2-c2ccccn2)CC1. The van der Waals surface area contributed by atoms with Gasteiger partial charge in [-0.3, -0.25) is 4.90 Å². The van der Waals surface area contributed by atoms with Crippen LogP contribution in [0.15, 0.2) is 61.4 Å². The Morgan fingerprint density at radius 1 is 1.12 bits per heavy atom. The van der Waals surface area contributed by atoms with E-state index in [1.807, 2.05) is 30.5 Å². The zero-order chi connectivity index (χ0) is 18.0. The highest BCUT2D eigenvalue weighted by molar-refractivity contribution is 5.77. The number of aromatic nitrogens is 4. The first-order chi connectivity index (χ1) is 12.7. The average molecular weight is 351 g/mol. The van der Waals surface area contributed by atoms with Gasteiger partial charge in [-0.25, -0.2) is 14.8 Å². The molecule has 0 atom stereocenters. The molecule has 0 unspecified atom stereocenters. The number of hydrogen-bond acceptors (Lipinski definition) is 4. The molecule has 0 aromatic carbocycles. The lowest BCUT2D eigenvalue weighted by atomic mass is 9.87. The Bertz CT molecular complexity index is 864. The topological polar surface area (TPSA) is 76.2 Å². The van der Waals surface area contributed by atoms with E-state index < -0.39 is 11.5 Å². The van der Waals surface area contributed by atoms with Gasteiger partial charge >= 0.3 is 5.97 Å². The molecule has 26 heavy (non-hydrogen) atoms. The summed E-state index contributed by atoms with van der Waals surface area (Å²) in [5.74, 6) is 0.106. The van der Waals surface area contributed by atoms with Crippen LogP contribution in [0.4, 0.5) is 0 Å². The van der Waals surface area contributed by atoms with Gasteiger partial charge in [0.15, 0.2) is 0 Å². The summed E-state index contributed by atoms with van der Waals surface area (Å²) in [5.41, 5.74) is 0.254. The third kappa shape index (κ3) is 2.90. The van der Waals surface area contributed by atoms with E-state index in [4.69, 9.17) is 0 Å². The largest absolute Gasteiger partial charge is 0.479 e. The van der Waals surface area contributed by atoms with Gasteiger partial charge in [-0.1, -0.05) is 6.07 Å². The number of nitrogens with zero attached hydrogens (tertiary/aromatic N) is 5. The Morgan fingerprint density at radius 2 is 1.96 bits per heavy atom. The van der Waals surface area contributed by atoms with Crippen LogP contribution in [0, 0.1) is 0 Å². The number of imidazole rings is 1. The van der Waals surface area contributed by atoms with Gasteiger partial charge in [-0.15, -0.1) is 0 Å². The standard InChI is InChI=1S/C19H21N5O2/c25-18(26)19(23-13-9-20-15-23)6-11-22(12-7-19)14-16-4-3-10-24(16)17-5-1-2-8-21-17/h1-5,8-10,13,15H,6-7,11-12,14H2,(H,25,26). The Labute approximate surface area is 151 Å². The molecular weight excluding hydrogens is 330 g/mol. The lowest BCUT2D eigenvalue weighted by molar-refractivity contribution is -0.150. The van der Waals surface area contributed by atoms with Crippen LogP contribution in [0.5, 0.6) is 0 Å². The zero-order valence-electron chi connectivity index (χ0n) is 14.4. The molecule has 1 aliphatic heterocycles. The second kappa shape index (κ2) is 6.76. The van der Waals surface area contributed by atoms with Crippen LogP contribution in [0.3, 0.4) is 0 Å². The molecule has 0 radical (unpaired) electrons. The van der Waals surface area contributed by atoms with Gasteiger partial charge in [0.05, 0.1) is 6.33 Å². The Kier molecular flexibility index (Phi) is 4.30. The van der Waals surface area contributed by atoms with Crippen molar-refractivity contribution in [2.45, 2.75) is 24.9 Å². The number of rotatable bonds is 5. The van der Waals surface area contributed by atoms with Crippen molar-refractivity contribution in [2.24, 2.45) is 0 Å². The summed E-state index contributed by atoms with van der Waals surface area (Å²) in [4.78, 5) is 22.7. The molecule has 1 N–H and O–H groups in total. The zero-order valence-corrected chi connectivity index (χ0v) is 14.4. The van der Waals surface area contributed by atoms with E-state index >= 15 is 0 Å². The number of pyridine rings is 1. The summed E-state index contributed by atoms with van der Waals surface area (Å²) < 4.78 is 3.82. The smallest absolute Gasteiger partial charge is 0.330 e. The predicted molar refractivity (Wildman–Crippen MR) is 95.9 cm³/mol. The van der Waals surface area contributed by atoms with Crippen molar-refractivity contribution in [3.8, 4) is 5.82 Å². The van der Waals surface area contributed by atoms with Crippen molar-refractivity contribution in [3.63, 3.8) is 0 Å². The maximum Gasteiger partial charge on any atom is 0.330 e. The van der Waals surface area contributed by atoms with E-state index in [1.54, 1.807) is 29.5 Å². The molecule has 3 aromatic rings. The van der Waals surface area contributed by atoms with E-state index in [9.17, 15) is 9.90 Å². The van der Waals surface area contributed by atoms with Crippen LogP contribution < -0.4 is 0 Å². The molecule has 0 spiro atoms. The van der Waals surface area contributed by atoms with Crippen LogP contribution >= 0.6 is 0 Å². The summed E-state index contributed by atoms with van der Waals surface area (Å²) in [6, 6.07) is 9.96. The molecule has 7 nitrogen and oxygen atoms in total. The fraction of sp³-hybridized carbons (Fsp3) is 0.316. The number of piperidine rings is 1. The molecule has 0 aliphatic carbocycles. The highest BCUT2D eigenvalue weighted by Gasteiger charge is 2.43. The Balaban J connectivity index is 1.48. The normalized spacial score (nSPS) is 17.2. The second-order valence-corrected chi connectivity index (χ2v) is 6.64. The molecule has 0 saturated carbocycles. The molecule has 1 fully saturated rings. The number of aliphatic carboxylic acids is 1. The lowest BCUT2D eigenvalue weighted by Gasteiger charge is -2.39. The van der Waals surface area contributed by atoms with Gasteiger partial charge in [-0.05, 0) is 37.1 Å². The van der Waals surface area contributed by atoms with Crippen molar-refractivity contribution in [1.29, 1.82) is 0 Å². The molecular formula is C19H21N5O2. The van der Waals surface area contributed by atoms with Crippen LogP contribution in [0.2, 0.25) is 0 Å². The number of carboxylic acids is 1. The van der Waals surface area contributed by atoms with Gasteiger partial charge in [-0.2, -0.15) is 0 Å². The third-order valence-corrected chi connectivity index (χ3v) is 5.19. The first kappa shape index (κ1) is 16.5. The summed E-state index contributed by atoms with van der Waals surface area (Å²) in [5, 5.41) is 9.82. The molecule has 4 rings (SSSR count). The van der Waals surface area contributed by atoms with Gasteiger partial charge in [0.1, 0.15) is 11.4 Å². The van der Waals surface area contributed by atoms with E-state index in [1.165, 1.54) is 0 Å². The summed E-state index contributed by atoms with van der Waals surface area (Å²) >= 11 is 0. The van der Waals surface area contributed by atoms with E-state index in [0.29, 0.717) is 12.8 Å². The molecule has 0 bridgehead atoms. The van der Waals surface area contributed by atoms with Gasteiger partial charge in [0.2, 0.25) is 0 Å². The summed E-state index contributed by atoms with van der Waals surface area (Å²) in [6.45, 7) is 2.21. The predicted octanol–water partition coefficient (Wildman–Crippen LogP) is 2.14. The average Bonchev–Trinajstić information content (AvgIpc) is 3.35. The molecule has 134 valence electrons. The number of likely N-dealkylation sites (tertiary alicyclic amines) is 1. The summed E-state index contributed by atoms with van der Waals surface area (Å²) in [7, 11) is 0. The van der Waals surface area contributed by atoms with E-state index in [0.717, 1.165) is 31.1 Å². The minimum atomic E-state index is -0.893. The van der Waals surface area contributed by atoms with E-state index in [2.05, 4.69) is 25.5 Å². The van der Waals surface area contributed by atoms with Gasteiger partial charge in [0.25, 0.3) is 0 Å². The number of carboxylic acid groups (broad SMARTS) is 1. The lowest BCUT2D eigenvalue weighted by Crippen LogP contribution is -2.50. The van der Waals surface area contributed by atoms with Crippen LogP contribution in [0.25, 0.3) is 5.82 Å². The van der Waals surface area contributed by atoms with Crippen molar-refractivity contribution in [2.75, 3.05) is 13.1 Å². The van der Waals surface area contributed by atoms with Crippen LogP contribution in [-0.4, -0.2) is 48.2 Å². The van der Waals surface area contributed by atoms with Crippen molar-refractivity contribution < 1.29 is 9.90 Å². The monoisotopic (exact) mass is 351 g/mol. The summed E-state index contributed by atoms with van der Waals surface area (Å²) in [6.07, 6.45) is 9.90. The first-order valence-corrected chi connectivity index (χ1v) is 8.71. The Hall–Kier alpha value is -2.93. The van der Waals surface area contributed by atoms with Crippen molar-refractivity contribution in [3.05, 3.63) is 67.1 Å². The minimum absolute atomic E-state index is 0.559. The third-order valence-electron chi connectivity index (χ3n) is 5.19. The van der Waals surface area contributed by atoms with E-state index in [-0.39, 0.29) is 0 Å². The number of hydrogen-bond donors (Lipinski definition) is 1. The fourth-order valence-corrected chi connectivity index (χ4v) is 3.67. The van der Waals surface area contributed by atoms with Crippen molar-refractivity contribution in [1.82, 2.24) is 24.0 Å². The number of carbonyl (C=O) groups is 1. The van der Waals surface area contributed by atoms with Crippen molar-refractivity contribution >= 4 is 5.97 Å². The van der Waals surface area contributed by atoms with Gasteiger partial charge in [0, 0.05) is 50.1 Å². The first-order valence-electron chi connectivity index (χ1n) is 8.71.